The molecule has 17 heavy (non-hydrogen) atoms. The maximum atomic E-state index is 11.9. The van der Waals surface area contributed by atoms with Gasteiger partial charge in [0.05, 0.1) is 20.9 Å². The van der Waals surface area contributed by atoms with Crippen molar-refractivity contribution in [3.63, 3.8) is 0 Å². The van der Waals surface area contributed by atoms with Crippen molar-refractivity contribution in [2.45, 2.75) is 37.5 Å². The van der Waals surface area contributed by atoms with Crippen molar-refractivity contribution in [2.24, 2.45) is 0 Å². The summed E-state index contributed by atoms with van der Waals surface area (Å²) >= 11 is 4.89. The van der Waals surface area contributed by atoms with Crippen LogP contribution in [0.25, 0.3) is 0 Å². The lowest BCUT2D eigenvalue weighted by Gasteiger charge is -2.26. The molecular formula is C11H15BrO3S2. The summed E-state index contributed by atoms with van der Waals surface area (Å²) in [5.41, 5.74) is 0.748. The Morgan fingerprint density at radius 2 is 2.24 bits per heavy atom. The Morgan fingerprint density at radius 3 is 2.76 bits per heavy atom. The largest absolute Gasteiger partial charge is 0.387 e. The first-order valence-electron chi connectivity index (χ1n) is 5.57. The molecule has 96 valence electrons. The third-order valence-electron chi connectivity index (χ3n) is 3.23. The molecule has 2 rings (SSSR count). The molecule has 1 aliphatic rings. The zero-order valence-corrected chi connectivity index (χ0v) is 12.7. The maximum absolute atomic E-state index is 11.9. The fourth-order valence-electron chi connectivity index (χ4n) is 2.29. The predicted octanol–water partition coefficient (Wildman–Crippen LogP) is 2.82. The molecule has 2 unspecified atom stereocenters. The molecule has 3 nitrogen and oxygen atoms in total. The van der Waals surface area contributed by atoms with Gasteiger partial charge in [-0.05, 0) is 47.3 Å². The number of aliphatic hydroxyl groups is 1. The molecule has 0 saturated carbocycles. The van der Waals surface area contributed by atoms with Crippen LogP contribution in [0.15, 0.2) is 9.85 Å². The number of thiophene rings is 1. The normalized spacial score (nSPS) is 25.7. The SMILES string of the molecule is Cc1sc(Br)cc1C(O)C1CCCCS1(=O)=O. The summed E-state index contributed by atoms with van der Waals surface area (Å²) in [5, 5.41) is 9.65. The second kappa shape index (κ2) is 4.99. The number of rotatable bonds is 2. The molecule has 0 amide bonds. The average molecular weight is 339 g/mol. The third kappa shape index (κ3) is 2.75. The number of aliphatic hydroxyl groups excluding tert-OH is 1. The highest BCUT2D eigenvalue weighted by Gasteiger charge is 2.36. The van der Waals surface area contributed by atoms with Gasteiger partial charge in [-0.1, -0.05) is 6.42 Å². The lowest BCUT2D eigenvalue weighted by atomic mass is 10.0. The Morgan fingerprint density at radius 1 is 1.53 bits per heavy atom. The van der Waals surface area contributed by atoms with Gasteiger partial charge in [-0.25, -0.2) is 8.42 Å². The average Bonchev–Trinajstić information content (AvgIpc) is 2.56. The highest BCUT2D eigenvalue weighted by Crippen LogP contribution is 2.36. The number of sulfone groups is 1. The molecule has 1 saturated heterocycles. The van der Waals surface area contributed by atoms with Crippen LogP contribution < -0.4 is 0 Å². The van der Waals surface area contributed by atoms with Gasteiger partial charge in [0.25, 0.3) is 0 Å². The molecule has 0 aliphatic carbocycles. The van der Waals surface area contributed by atoms with E-state index < -0.39 is 21.2 Å². The first-order valence-corrected chi connectivity index (χ1v) is 8.90. The summed E-state index contributed by atoms with van der Waals surface area (Å²) in [7, 11) is -3.14. The summed E-state index contributed by atoms with van der Waals surface area (Å²) in [6.07, 6.45) is 1.28. The molecule has 2 heterocycles. The van der Waals surface area contributed by atoms with Gasteiger partial charge in [0, 0.05) is 4.88 Å². The Kier molecular flexibility index (Phi) is 3.97. The molecule has 0 radical (unpaired) electrons. The van der Waals surface area contributed by atoms with Crippen molar-refractivity contribution in [2.75, 3.05) is 5.75 Å². The van der Waals surface area contributed by atoms with Gasteiger partial charge < -0.3 is 5.11 Å². The van der Waals surface area contributed by atoms with E-state index in [2.05, 4.69) is 15.9 Å². The Balaban J connectivity index is 2.31. The molecule has 0 aromatic carbocycles. The van der Waals surface area contributed by atoms with E-state index in [0.717, 1.165) is 27.1 Å². The Labute approximate surface area is 114 Å². The third-order valence-corrected chi connectivity index (χ3v) is 7.07. The molecule has 1 aliphatic heterocycles. The van der Waals surface area contributed by atoms with Crippen molar-refractivity contribution in [3.8, 4) is 0 Å². The first kappa shape index (κ1) is 13.5. The number of hydrogen-bond acceptors (Lipinski definition) is 4. The Bertz CT molecular complexity index is 507. The van der Waals surface area contributed by atoms with E-state index in [9.17, 15) is 13.5 Å². The van der Waals surface area contributed by atoms with E-state index in [1.165, 1.54) is 11.3 Å². The van der Waals surface area contributed by atoms with Crippen LogP contribution in [0.1, 0.15) is 35.8 Å². The molecule has 1 N–H and O–H groups in total. The highest BCUT2D eigenvalue weighted by atomic mass is 79.9. The van der Waals surface area contributed by atoms with Crippen LogP contribution in [0, 0.1) is 6.92 Å². The summed E-state index contributed by atoms with van der Waals surface area (Å²) < 4.78 is 24.8. The van der Waals surface area contributed by atoms with Crippen LogP contribution in [-0.4, -0.2) is 24.5 Å². The van der Waals surface area contributed by atoms with Crippen molar-refractivity contribution in [1.29, 1.82) is 0 Å². The molecule has 0 spiro atoms. The van der Waals surface area contributed by atoms with Gasteiger partial charge in [0.2, 0.25) is 0 Å². The highest BCUT2D eigenvalue weighted by molar-refractivity contribution is 9.11. The molecule has 6 heteroatoms. The van der Waals surface area contributed by atoms with Crippen LogP contribution >= 0.6 is 27.3 Å². The van der Waals surface area contributed by atoms with Gasteiger partial charge in [0.15, 0.2) is 9.84 Å². The number of halogens is 1. The van der Waals surface area contributed by atoms with Gasteiger partial charge in [0.1, 0.15) is 0 Å². The van der Waals surface area contributed by atoms with E-state index in [-0.39, 0.29) is 5.75 Å². The molecule has 1 aromatic heterocycles. The van der Waals surface area contributed by atoms with Gasteiger partial charge in [-0.2, -0.15) is 0 Å². The number of hydrogen-bond donors (Lipinski definition) is 1. The van der Waals surface area contributed by atoms with Gasteiger partial charge >= 0.3 is 0 Å². The molecular weight excluding hydrogens is 324 g/mol. The first-order chi connectivity index (χ1) is 7.92. The van der Waals surface area contributed by atoms with Crippen molar-refractivity contribution >= 4 is 37.1 Å². The monoisotopic (exact) mass is 338 g/mol. The minimum absolute atomic E-state index is 0.207. The van der Waals surface area contributed by atoms with E-state index in [0.29, 0.717) is 6.42 Å². The van der Waals surface area contributed by atoms with Crippen LogP contribution in [0.5, 0.6) is 0 Å². The summed E-state index contributed by atoms with van der Waals surface area (Å²) in [5.74, 6) is 0.207. The predicted molar refractivity (Wildman–Crippen MR) is 73.1 cm³/mol. The van der Waals surface area contributed by atoms with E-state index in [1.54, 1.807) is 0 Å². The minimum Gasteiger partial charge on any atom is -0.387 e. The minimum atomic E-state index is -3.14. The second-order valence-corrected chi connectivity index (χ2v) is 9.38. The quantitative estimate of drug-likeness (QED) is 0.901. The maximum Gasteiger partial charge on any atom is 0.156 e. The zero-order valence-electron chi connectivity index (χ0n) is 9.52. The second-order valence-electron chi connectivity index (χ2n) is 4.41. The summed E-state index contributed by atoms with van der Waals surface area (Å²) in [6.45, 7) is 1.91. The van der Waals surface area contributed by atoms with Crippen molar-refractivity contribution in [3.05, 3.63) is 20.3 Å². The van der Waals surface area contributed by atoms with E-state index >= 15 is 0 Å². The van der Waals surface area contributed by atoms with E-state index in [1.807, 2.05) is 13.0 Å². The molecule has 1 fully saturated rings. The molecule has 0 bridgehead atoms. The molecule has 1 aromatic rings. The van der Waals surface area contributed by atoms with Crippen molar-refractivity contribution in [1.82, 2.24) is 0 Å². The van der Waals surface area contributed by atoms with E-state index in [4.69, 9.17) is 0 Å². The fourth-order valence-corrected chi connectivity index (χ4v) is 6.01. The number of aryl methyl sites for hydroxylation is 1. The standard InChI is InChI=1S/C11H15BrO3S2/c1-7-8(6-10(12)16-7)11(13)9-4-2-3-5-17(9,14)15/h6,9,11,13H,2-5H2,1H3. The summed E-state index contributed by atoms with van der Waals surface area (Å²) in [4.78, 5) is 0.977. The van der Waals surface area contributed by atoms with Crippen LogP contribution in [0.2, 0.25) is 0 Å². The van der Waals surface area contributed by atoms with Crippen LogP contribution in [0.3, 0.4) is 0 Å². The van der Waals surface area contributed by atoms with Gasteiger partial charge in [-0.3, -0.25) is 0 Å². The summed E-state index contributed by atoms with van der Waals surface area (Å²) in [6, 6.07) is 1.83. The topological polar surface area (TPSA) is 54.4 Å². The fraction of sp³-hybridized carbons (Fsp3) is 0.636. The van der Waals surface area contributed by atoms with Gasteiger partial charge in [-0.15, -0.1) is 11.3 Å². The van der Waals surface area contributed by atoms with Crippen LogP contribution in [-0.2, 0) is 9.84 Å². The van der Waals surface area contributed by atoms with Crippen LogP contribution in [0.4, 0.5) is 0 Å². The lowest BCUT2D eigenvalue weighted by molar-refractivity contribution is 0.164. The van der Waals surface area contributed by atoms with Crippen molar-refractivity contribution < 1.29 is 13.5 Å². The smallest absolute Gasteiger partial charge is 0.156 e. The lowest BCUT2D eigenvalue weighted by Crippen LogP contribution is -2.33. The molecule has 2 atom stereocenters. The Hall–Kier alpha value is 0.0900. The zero-order chi connectivity index (χ0) is 12.6.